The van der Waals surface area contributed by atoms with Gasteiger partial charge >= 0.3 is 0 Å². The molecule has 0 aliphatic carbocycles. The minimum absolute atomic E-state index is 0.00952. The first kappa shape index (κ1) is 22.2. The summed E-state index contributed by atoms with van der Waals surface area (Å²) in [4.78, 5) is 31.6. The van der Waals surface area contributed by atoms with E-state index in [-0.39, 0.29) is 23.4 Å². The third kappa shape index (κ3) is 4.22. The maximum atomic E-state index is 14.3. The number of rotatable bonds is 6. The predicted octanol–water partition coefficient (Wildman–Crippen LogP) is 4.41. The van der Waals surface area contributed by atoms with Gasteiger partial charge in [0, 0.05) is 24.5 Å². The monoisotopic (exact) mass is 446 g/mol. The zero-order chi connectivity index (χ0) is 23.5. The fourth-order valence-corrected chi connectivity index (χ4v) is 3.98. The summed E-state index contributed by atoms with van der Waals surface area (Å²) in [5.41, 5.74) is 2.51. The Morgan fingerprint density at radius 3 is 2.48 bits per heavy atom. The minimum atomic E-state index is -0.832. The van der Waals surface area contributed by atoms with Gasteiger partial charge in [0.2, 0.25) is 0 Å². The van der Waals surface area contributed by atoms with Crippen molar-refractivity contribution < 1.29 is 23.8 Å². The van der Waals surface area contributed by atoms with Crippen LogP contribution in [0.15, 0.2) is 72.6 Å². The van der Waals surface area contributed by atoms with E-state index >= 15 is 0 Å². The molecule has 0 radical (unpaired) electrons. The summed E-state index contributed by atoms with van der Waals surface area (Å²) in [6, 6.07) is 14.1. The molecule has 2 aromatic carbocycles. The van der Waals surface area contributed by atoms with Gasteiger partial charge in [-0.3, -0.25) is 14.6 Å². The molecular weight excluding hydrogens is 423 g/mol. The van der Waals surface area contributed by atoms with Crippen LogP contribution in [0.5, 0.6) is 5.75 Å². The number of aliphatic hydroxyl groups excluding tert-OH is 1. The summed E-state index contributed by atoms with van der Waals surface area (Å²) in [5, 5.41) is 11.1. The van der Waals surface area contributed by atoms with Crippen molar-refractivity contribution in [3.63, 3.8) is 0 Å². The topological polar surface area (TPSA) is 79.7 Å². The molecular formula is C26H23FN2O4. The second kappa shape index (κ2) is 9.24. The van der Waals surface area contributed by atoms with Crippen LogP contribution in [-0.4, -0.2) is 33.8 Å². The number of amides is 1. The van der Waals surface area contributed by atoms with Gasteiger partial charge in [-0.1, -0.05) is 37.3 Å². The van der Waals surface area contributed by atoms with Gasteiger partial charge in [-0.2, -0.15) is 0 Å². The number of aryl methyl sites for hydroxylation is 1. The number of methoxy groups -OCH3 is 1. The van der Waals surface area contributed by atoms with Crippen molar-refractivity contribution in [1.82, 2.24) is 9.88 Å². The number of carbonyl (C=O) groups excluding carboxylic acids is 2. The molecule has 7 heteroatoms. The molecule has 1 aliphatic rings. The van der Waals surface area contributed by atoms with E-state index in [9.17, 15) is 19.1 Å². The maximum Gasteiger partial charge on any atom is 0.295 e. The first-order valence-corrected chi connectivity index (χ1v) is 10.5. The Morgan fingerprint density at radius 2 is 1.88 bits per heavy atom. The van der Waals surface area contributed by atoms with E-state index in [1.807, 2.05) is 37.3 Å². The summed E-state index contributed by atoms with van der Waals surface area (Å²) in [7, 11) is 1.34. The van der Waals surface area contributed by atoms with E-state index < -0.39 is 29.3 Å². The number of likely N-dealkylation sites (tertiary alicyclic amines) is 1. The predicted molar refractivity (Wildman–Crippen MR) is 121 cm³/mol. The first-order valence-electron chi connectivity index (χ1n) is 10.5. The number of carbonyl (C=O) groups is 2. The third-order valence-electron chi connectivity index (χ3n) is 5.74. The van der Waals surface area contributed by atoms with Crippen molar-refractivity contribution in [2.75, 3.05) is 7.11 Å². The number of hydrogen-bond acceptors (Lipinski definition) is 5. The van der Waals surface area contributed by atoms with Gasteiger partial charge in [0.05, 0.1) is 18.7 Å². The molecule has 0 bridgehead atoms. The number of pyridine rings is 1. The number of benzene rings is 2. The lowest BCUT2D eigenvalue weighted by Crippen LogP contribution is -2.29. The molecule has 3 aromatic rings. The number of hydrogen-bond donors (Lipinski definition) is 1. The maximum absolute atomic E-state index is 14.3. The Labute approximate surface area is 191 Å². The van der Waals surface area contributed by atoms with Crippen LogP contribution in [0.1, 0.15) is 35.2 Å². The molecule has 1 aromatic heterocycles. The Kier molecular flexibility index (Phi) is 6.22. The van der Waals surface area contributed by atoms with Crippen molar-refractivity contribution in [1.29, 1.82) is 0 Å². The van der Waals surface area contributed by atoms with E-state index in [0.29, 0.717) is 5.56 Å². The number of ether oxygens (including phenoxy) is 1. The van der Waals surface area contributed by atoms with Crippen LogP contribution in [0, 0.1) is 5.82 Å². The molecule has 4 rings (SSSR count). The van der Waals surface area contributed by atoms with Crippen molar-refractivity contribution in [2.24, 2.45) is 0 Å². The van der Waals surface area contributed by atoms with Crippen LogP contribution >= 0.6 is 0 Å². The van der Waals surface area contributed by atoms with Gasteiger partial charge in [0.1, 0.15) is 5.76 Å². The lowest BCUT2D eigenvalue weighted by molar-refractivity contribution is -0.140. The SMILES string of the molecule is CCc1ccc(C2C(=C(O)c3ccc(OC)c(F)c3)C(=O)C(=O)N2Cc2cccnc2)cc1. The summed E-state index contributed by atoms with van der Waals surface area (Å²) >= 11 is 0. The molecule has 33 heavy (non-hydrogen) atoms. The highest BCUT2D eigenvalue weighted by molar-refractivity contribution is 6.46. The normalized spacial score (nSPS) is 17.4. The van der Waals surface area contributed by atoms with Gasteiger partial charge in [0.25, 0.3) is 11.7 Å². The highest BCUT2D eigenvalue weighted by Gasteiger charge is 2.46. The molecule has 1 unspecified atom stereocenters. The molecule has 1 saturated heterocycles. The van der Waals surface area contributed by atoms with Crippen molar-refractivity contribution in [3.05, 3.63) is 101 Å². The zero-order valence-corrected chi connectivity index (χ0v) is 18.3. The molecule has 0 saturated carbocycles. The quantitative estimate of drug-likeness (QED) is 0.345. The fraction of sp³-hybridized carbons (Fsp3) is 0.192. The largest absolute Gasteiger partial charge is 0.507 e. The summed E-state index contributed by atoms with van der Waals surface area (Å²) in [6.07, 6.45) is 4.08. The van der Waals surface area contributed by atoms with Crippen molar-refractivity contribution in [2.45, 2.75) is 25.9 Å². The summed E-state index contributed by atoms with van der Waals surface area (Å²) in [6.45, 7) is 2.16. The van der Waals surface area contributed by atoms with Crippen LogP contribution in [0.4, 0.5) is 4.39 Å². The zero-order valence-electron chi connectivity index (χ0n) is 18.3. The van der Waals surface area contributed by atoms with E-state index in [2.05, 4.69) is 4.98 Å². The highest BCUT2D eigenvalue weighted by atomic mass is 19.1. The van der Waals surface area contributed by atoms with Crippen molar-refractivity contribution >= 4 is 17.4 Å². The molecule has 0 spiro atoms. The number of aromatic nitrogens is 1. The lowest BCUT2D eigenvalue weighted by Gasteiger charge is -2.25. The number of halogens is 1. The van der Waals surface area contributed by atoms with E-state index in [0.717, 1.165) is 23.6 Å². The molecule has 1 amide bonds. The third-order valence-corrected chi connectivity index (χ3v) is 5.74. The van der Waals surface area contributed by atoms with Crippen LogP contribution in [0.3, 0.4) is 0 Å². The second-order valence-corrected chi connectivity index (χ2v) is 7.73. The summed E-state index contributed by atoms with van der Waals surface area (Å²) in [5.74, 6) is -2.67. The average Bonchev–Trinajstić information content (AvgIpc) is 3.09. The standard InChI is InChI=1S/C26H23FN2O4/c1-3-16-6-8-18(9-7-16)23-22(24(30)19-10-11-21(33-2)20(27)13-19)25(31)26(32)29(23)15-17-5-4-12-28-14-17/h4-14,23,30H,3,15H2,1-2H3. The molecule has 6 nitrogen and oxygen atoms in total. The van der Waals surface area contributed by atoms with Gasteiger partial charge in [-0.25, -0.2) is 4.39 Å². The number of aliphatic hydroxyl groups is 1. The Balaban J connectivity index is 1.85. The van der Waals surface area contributed by atoms with Crippen LogP contribution in [0.2, 0.25) is 0 Å². The first-order chi connectivity index (χ1) is 15.9. The highest BCUT2D eigenvalue weighted by Crippen LogP contribution is 2.40. The van der Waals surface area contributed by atoms with Crippen molar-refractivity contribution in [3.8, 4) is 5.75 Å². The van der Waals surface area contributed by atoms with E-state index in [4.69, 9.17) is 4.74 Å². The minimum Gasteiger partial charge on any atom is -0.507 e. The number of ketones is 1. The number of Topliss-reactive ketones (excluding diaryl/α,β-unsaturated/α-hetero) is 1. The van der Waals surface area contributed by atoms with Gasteiger partial charge in [-0.05, 0) is 47.4 Å². The Hall–Kier alpha value is -4.00. The average molecular weight is 446 g/mol. The van der Waals surface area contributed by atoms with E-state index in [1.165, 1.54) is 24.1 Å². The number of nitrogens with zero attached hydrogens (tertiary/aromatic N) is 2. The second-order valence-electron chi connectivity index (χ2n) is 7.73. The van der Waals surface area contributed by atoms with Gasteiger partial charge in [-0.15, -0.1) is 0 Å². The smallest absolute Gasteiger partial charge is 0.295 e. The lowest BCUT2D eigenvalue weighted by atomic mass is 9.94. The van der Waals surface area contributed by atoms with Crippen LogP contribution in [-0.2, 0) is 22.6 Å². The van der Waals surface area contributed by atoms with Gasteiger partial charge < -0.3 is 14.7 Å². The van der Waals surface area contributed by atoms with E-state index in [1.54, 1.807) is 18.5 Å². The van der Waals surface area contributed by atoms with Crippen LogP contribution in [0.25, 0.3) is 5.76 Å². The molecule has 1 atom stereocenters. The van der Waals surface area contributed by atoms with Gasteiger partial charge in [0.15, 0.2) is 11.6 Å². The molecule has 1 aliphatic heterocycles. The molecule has 1 N–H and O–H groups in total. The summed E-state index contributed by atoms with van der Waals surface area (Å²) < 4.78 is 19.2. The molecule has 2 heterocycles. The Morgan fingerprint density at radius 1 is 1.12 bits per heavy atom. The van der Waals surface area contributed by atoms with Crippen LogP contribution < -0.4 is 4.74 Å². The molecule has 168 valence electrons. The molecule has 1 fully saturated rings. The fourth-order valence-electron chi connectivity index (χ4n) is 3.98. The Bertz CT molecular complexity index is 1220.